The SMILES string of the molecule is CCCCCCCCCCCCCC(=O)OCC(O)COC(CO)OCCOCCOCCOCCOCCOCCOCCOCCOCCOCCOCCO. The van der Waals surface area contributed by atoms with Crippen LogP contribution in [0.4, 0.5) is 0 Å². The van der Waals surface area contributed by atoms with Crippen LogP contribution in [-0.2, 0) is 66.4 Å². The molecule has 0 saturated heterocycles. The lowest BCUT2D eigenvalue weighted by Gasteiger charge is -2.18. The van der Waals surface area contributed by atoms with E-state index in [1.165, 1.54) is 51.4 Å². The van der Waals surface area contributed by atoms with E-state index in [1.807, 2.05) is 0 Å². The third-order valence-corrected chi connectivity index (χ3v) is 8.16. The second-order valence-corrected chi connectivity index (χ2v) is 13.3. The predicted molar refractivity (Wildman–Crippen MR) is 216 cm³/mol. The van der Waals surface area contributed by atoms with E-state index in [1.54, 1.807) is 0 Å². The first-order valence-electron chi connectivity index (χ1n) is 21.7. The van der Waals surface area contributed by atoms with Crippen molar-refractivity contribution in [3.05, 3.63) is 0 Å². The average Bonchev–Trinajstić information content (AvgIpc) is 3.23. The van der Waals surface area contributed by atoms with Crippen LogP contribution in [0.2, 0.25) is 0 Å². The van der Waals surface area contributed by atoms with Crippen molar-refractivity contribution in [2.24, 2.45) is 0 Å². The normalized spacial score (nSPS) is 12.7. The monoisotopic (exact) mass is 847 g/mol. The second kappa shape index (κ2) is 50.2. The van der Waals surface area contributed by atoms with E-state index < -0.39 is 12.4 Å². The number of hydrogen-bond acceptors (Lipinski definition) is 17. The summed E-state index contributed by atoms with van der Waals surface area (Å²) in [6.45, 7) is 10.7. The molecule has 17 heteroatoms. The fraction of sp³-hybridized carbons (Fsp3) is 0.976. The molecule has 0 aromatic carbocycles. The summed E-state index contributed by atoms with van der Waals surface area (Å²) < 4.78 is 70.1. The Balaban J connectivity index is 3.34. The van der Waals surface area contributed by atoms with Gasteiger partial charge in [-0.25, -0.2) is 0 Å². The fourth-order valence-corrected chi connectivity index (χ4v) is 5.00. The van der Waals surface area contributed by atoms with Crippen molar-refractivity contribution in [2.75, 3.05) is 165 Å². The summed E-state index contributed by atoms with van der Waals surface area (Å²) in [6, 6.07) is 0. The molecule has 3 N–H and O–H groups in total. The lowest BCUT2D eigenvalue weighted by Crippen LogP contribution is -2.30. The van der Waals surface area contributed by atoms with Crippen molar-refractivity contribution in [1.29, 1.82) is 0 Å². The molecule has 0 fully saturated rings. The van der Waals surface area contributed by atoms with Crippen LogP contribution in [-0.4, -0.2) is 199 Å². The van der Waals surface area contributed by atoms with Gasteiger partial charge < -0.3 is 76.9 Å². The number of carbonyl (C=O) groups excluding carboxylic acids is 1. The first-order valence-corrected chi connectivity index (χ1v) is 21.7. The molecule has 2 unspecified atom stereocenters. The van der Waals surface area contributed by atoms with Crippen LogP contribution >= 0.6 is 0 Å². The highest BCUT2D eigenvalue weighted by Gasteiger charge is 2.14. The molecule has 0 aliphatic rings. The number of esters is 1. The largest absolute Gasteiger partial charge is 0.463 e. The maximum absolute atomic E-state index is 12.0. The molecule has 0 aliphatic carbocycles. The number of ether oxygens (including phenoxy) is 13. The summed E-state index contributed by atoms with van der Waals surface area (Å²) >= 11 is 0. The topological polar surface area (TPSA) is 198 Å². The Kier molecular flexibility index (Phi) is 49.2. The van der Waals surface area contributed by atoms with E-state index in [9.17, 15) is 15.0 Å². The maximum Gasteiger partial charge on any atom is 0.305 e. The average molecular weight is 847 g/mol. The van der Waals surface area contributed by atoms with Crippen LogP contribution in [0.25, 0.3) is 0 Å². The minimum atomic E-state index is -1.01. The van der Waals surface area contributed by atoms with Crippen molar-refractivity contribution in [3.8, 4) is 0 Å². The quantitative estimate of drug-likeness (QED) is 0.0458. The van der Waals surface area contributed by atoms with Gasteiger partial charge >= 0.3 is 5.97 Å². The van der Waals surface area contributed by atoms with Crippen LogP contribution in [0.1, 0.15) is 84.0 Å². The Hall–Kier alpha value is -1.13. The van der Waals surface area contributed by atoms with Crippen molar-refractivity contribution in [2.45, 2.75) is 96.4 Å². The van der Waals surface area contributed by atoms with Gasteiger partial charge in [0.25, 0.3) is 0 Å². The highest BCUT2D eigenvalue weighted by atomic mass is 16.7. The van der Waals surface area contributed by atoms with E-state index in [0.717, 1.165) is 19.3 Å². The molecule has 0 amide bonds. The highest BCUT2D eigenvalue weighted by molar-refractivity contribution is 5.69. The van der Waals surface area contributed by atoms with E-state index in [4.69, 9.17) is 66.7 Å². The van der Waals surface area contributed by atoms with Gasteiger partial charge in [-0.05, 0) is 6.42 Å². The van der Waals surface area contributed by atoms with Crippen LogP contribution in [0, 0.1) is 0 Å². The van der Waals surface area contributed by atoms with Crippen LogP contribution in [0.3, 0.4) is 0 Å². The standard InChI is InChI=1S/C41H82O17/c1-2-3-4-5-6-7-8-9-10-11-12-13-40(45)57-37-39(44)38-58-41(36-43)56-35-34-55-33-32-54-31-30-53-29-28-52-27-26-51-25-24-50-23-22-49-21-20-48-19-18-47-17-16-46-15-14-42/h39,41-44H,2-38H2,1H3. The Morgan fingerprint density at radius 2 is 0.741 bits per heavy atom. The molecular formula is C41H82O17. The number of hydrogen-bond donors (Lipinski definition) is 3. The van der Waals surface area contributed by atoms with Crippen molar-refractivity contribution in [3.63, 3.8) is 0 Å². The molecule has 0 bridgehead atoms. The molecule has 0 spiro atoms. The number of rotatable bonds is 51. The smallest absolute Gasteiger partial charge is 0.305 e. The van der Waals surface area contributed by atoms with Gasteiger partial charge in [0, 0.05) is 6.42 Å². The number of aliphatic hydroxyl groups excluding tert-OH is 3. The molecule has 0 aromatic heterocycles. The highest BCUT2D eigenvalue weighted by Crippen LogP contribution is 2.12. The lowest BCUT2D eigenvalue weighted by atomic mass is 10.1. The summed E-state index contributed by atoms with van der Waals surface area (Å²) in [6.07, 6.45) is 11.8. The van der Waals surface area contributed by atoms with Gasteiger partial charge in [0.2, 0.25) is 0 Å². The third kappa shape index (κ3) is 47.5. The zero-order valence-electron chi connectivity index (χ0n) is 35.9. The first kappa shape index (κ1) is 56.9. The number of unbranched alkanes of at least 4 members (excludes halogenated alkanes) is 10. The maximum atomic E-state index is 12.0. The molecular weight excluding hydrogens is 764 g/mol. The van der Waals surface area contributed by atoms with Gasteiger partial charge in [-0.3, -0.25) is 4.79 Å². The molecule has 348 valence electrons. The molecule has 0 rings (SSSR count). The fourth-order valence-electron chi connectivity index (χ4n) is 5.00. The van der Waals surface area contributed by atoms with Crippen LogP contribution in [0.5, 0.6) is 0 Å². The minimum absolute atomic E-state index is 0.0159. The second-order valence-electron chi connectivity index (χ2n) is 13.3. The van der Waals surface area contributed by atoms with Gasteiger partial charge in [-0.2, -0.15) is 0 Å². The lowest BCUT2D eigenvalue weighted by molar-refractivity contribution is -0.186. The van der Waals surface area contributed by atoms with E-state index in [2.05, 4.69) is 6.92 Å². The van der Waals surface area contributed by atoms with E-state index in [0.29, 0.717) is 132 Å². The van der Waals surface area contributed by atoms with E-state index >= 15 is 0 Å². The molecule has 0 aromatic rings. The van der Waals surface area contributed by atoms with Gasteiger partial charge in [-0.15, -0.1) is 0 Å². The van der Waals surface area contributed by atoms with Crippen LogP contribution in [0.15, 0.2) is 0 Å². The molecule has 17 nitrogen and oxygen atoms in total. The van der Waals surface area contributed by atoms with Gasteiger partial charge in [0.05, 0.1) is 159 Å². The molecule has 2 atom stereocenters. The zero-order chi connectivity index (χ0) is 42.1. The zero-order valence-corrected chi connectivity index (χ0v) is 35.9. The number of carbonyl (C=O) groups is 1. The van der Waals surface area contributed by atoms with E-state index in [-0.39, 0.29) is 45.6 Å². The molecule has 58 heavy (non-hydrogen) atoms. The summed E-state index contributed by atoms with van der Waals surface area (Å²) in [5.41, 5.74) is 0. The molecule has 0 radical (unpaired) electrons. The Morgan fingerprint density at radius 1 is 0.414 bits per heavy atom. The van der Waals surface area contributed by atoms with Crippen molar-refractivity contribution >= 4 is 5.97 Å². The van der Waals surface area contributed by atoms with Crippen LogP contribution < -0.4 is 0 Å². The summed E-state index contributed by atoms with van der Waals surface area (Å²) in [5.74, 6) is -0.322. The van der Waals surface area contributed by atoms with Gasteiger partial charge in [0.15, 0.2) is 6.29 Å². The Morgan fingerprint density at radius 3 is 1.09 bits per heavy atom. The Labute approximate surface area is 348 Å². The van der Waals surface area contributed by atoms with Crippen molar-refractivity contribution in [1.82, 2.24) is 0 Å². The molecule has 0 heterocycles. The first-order chi connectivity index (χ1) is 28.6. The Bertz CT molecular complexity index is 785. The summed E-state index contributed by atoms with van der Waals surface area (Å²) in [7, 11) is 0. The van der Waals surface area contributed by atoms with Gasteiger partial charge in [0.1, 0.15) is 12.7 Å². The predicted octanol–water partition coefficient (Wildman–Crippen LogP) is 3.10. The van der Waals surface area contributed by atoms with Gasteiger partial charge in [-0.1, -0.05) is 71.1 Å². The molecule has 0 saturated carbocycles. The molecule has 0 aliphatic heterocycles. The summed E-state index contributed by atoms with van der Waals surface area (Å²) in [4.78, 5) is 12.0. The third-order valence-electron chi connectivity index (χ3n) is 8.16. The van der Waals surface area contributed by atoms with Crippen molar-refractivity contribution < 1.29 is 81.7 Å². The summed E-state index contributed by atoms with van der Waals surface area (Å²) in [5, 5.41) is 28.2. The minimum Gasteiger partial charge on any atom is -0.463 e. The number of aliphatic hydroxyl groups is 3.